The van der Waals surface area contributed by atoms with E-state index in [-0.39, 0.29) is 33.0 Å². The highest BCUT2D eigenvalue weighted by atomic mass is 32.2. The highest BCUT2D eigenvalue weighted by Gasteiger charge is 2.16. The number of hydrogen-bond acceptors (Lipinski definition) is 8. The molecule has 0 bridgehead atoms. The van der Waals surface area contributed by atoms with Gasteiger partial charge in [0.1, 0.15) is 23.3 Å². The van der Waals surface area contributed by atoms with Crippen molar-refractivity contribution in [1.29, 1.82) is 10.5 Å². The molecule has 8 nitrogen and oxygen atoms in total. The van der Waals surface area contributed by atoms with E-state index in [1.807, 2.05) is 12.1 Å². The number of carbonyl (C=O) groups excluding carboxylic acids is 2. The van der Waals surface area contributed by atoms with Crippen LogP contribution < -0.4 is 22.1 Å². The van der Waals surface area contributed by atoms with Crippen molar-refractivity contribution in [3.8, 4) is 12.1 Å². The molecule has 2 aromatic carbocycles. The van der Waals surface area contributed by atoms with Crippen molar-refractivity contribution in [2.24, 2.45) is 11.5 Å². The Balaban J connectivity index is 2.24. The number of rotatable bonds is 7. The summed E-state index contributed by atoms with van der Waals surface area (Å²) in [5.74, 6) is -0.365. The smallest absolute Gasteiger partial charge is 0.221 e. The molecule has 0 heterocycles. The number of anilines is 2. The van der Waals surface area contributed by atoms with E-state index in [9.17, 15) is 20.1 Å². The largest absolute Gasteiger partial charge is 0.392 e. The van der Waals surface area contributed by atoms with Crippen LogP contribution in [0, 0.1) is 22.7 Å². The van der Waals surface area contributed by atoms with Crippen molar-refractivity contribution in [2.45, 2.75) is 23.6 Å². The molecule has 2 aromatic rings. The summed E-state index contributed by atoms with van der Waals surface area (Å²) in [6, 6.07) is 17.7. The molecule has 0 aromatic heterocycles. The van der Waals surface area contributed by atoms with Gasteiger partial charge in [-0.25, -0.2) is 0 Å². The third kappa shape index (κ3) is 7.13. The molecule has 10 heteroatoms. The Kier molecular flexibility index (Phi) is 8.78. The first-order valence-corrected chi connectivity index (χ1v) is 10.8. The van der Waals surface area contributed by atoms with Crippen LogP contribution in [0.5, 0.6) is 0 Å². The molecule has 0 spiro atoms. The van der Waals surface area contributed by atoms with Gasteiger partial charge in [0.05, 0.1) is 10.1 Å². The van der Waals surface area contributed by atoms with E-state index in [4.69, 9.17) is 11.5 Å². The molecule has 0 aliphatic carbocycles. The van der Waals surface area contributed by atoms with Gasteiger partial charge in [-0.05, 0) is 48.5 Å². The van der Waals surface area contributed by atoms with Crippen LogP contribution in [0.2, 0.25) is 0 Å². The lowest BCUT2D eigenvalue weighted by atomic mass is 10.1. The number of nitriles is 2. The fourth-order valence-electron chi connectivity index (χ4n) is 2.44. The van der Waals surface area contributed by atoms with E-state index in [2.05, 4.69) is 10.6 Å². The Bertz CT molecular complexity index is 1060. The minimum Gasteiger partial charge on any atom is -0.392 e. The second-order valence-electron chi connectivity index (χ2n) is 6.32. The number of benzene rings is 2. The van der Waals surface area contributed by atoms with Gasteiger partial charge in [0.2, 0.25) is 11.8 Å². The van der Waals surface area contributed by atoms with Crippen LogP contribution in [0.1, 0.15) is 13.8 Å². The minimum atomic E-state index is -0.182. The number of allylic oxidation sites excluding steroid dienone is 2. The van der Waals surface area contributed by atoms with Gasteiger partial charge in [0.15, 0.2) is 0 Å². The van der Waals surface area contributed by atoms with Crippen LogP contribution >= 0.6 is 23.5 Å². The standard InChI is InChI=1S/C22H20N6O2S2/c1-13(29)27-15-3-7-17(8-4-15)31-21(25)19(11-23)20(12-24)22(26)32-18-9-5-16(6-10-18)28-14(2)30/h3-10H,25-26H2,1-2H3,(H,27,29)(H,28,30)/b21-19+,22-20+. The zero-order valence-corrected chi connectivity index (χ0v) is 18.9. The first kappa shape index (κ1) is 24.4. The minimum absolute atomic E-state index is 0.0247. The molecule has 6 N–H and O–H groups in total. The molecule has 0 fully saturated rings. The number of carbonyl (C=O) groups is 2. The molecule has 0 aliphatic heterocycles. The Labute approximate surface area is 194 Å². The van der Waals surface area contributed by atoms with Crippen molar-refractivity contribution in [3.05, 3.63) is 69.7 Å². The Morgan fingerprint density at radius 1 is 0.719 bits per heavy atom. The fourth-order valence-corrected chi connectivity index (χ4v) is 4.00. The summed E-state index contributed by atoms with van der Waals surface area (Å²) in [6.45, 7) is 2.83. The summed E-state index contributed by atoms with van der Waals surface area (Å²) in [7, 11) is 0. The first-order valence-electron chi connectivity index (χ1n) is 9.14. The molecule has 0 saturated carbocycles. The fraction of sp³-hybridized carbons (Fsp3) is 0.0909. The monoisotopic (exact) mass is 464 g/mol. The second kappa shape index (κ2) is 11.5. The maximum atomic E-state index is 11.1. The van der Waals surface area contributed by atoms with Gasteiger partial charge in [0.25, 0.3) is 0 Å². The molecular formula is C22H20N6O2S2. The van der Waals surface area contributed by atoms with Gasteiger partial charge < -0.3 is 22.1 Å². The normalized spacial score (nSPS) is 11.9. The van der Waals surface area contributed by atoms with Gasteiger partial charge in [-0.2, -0.15) is 10.5 Å². The third-order valence-electron chi connectivity index (χ3n) is 3.77. The van der Waals surface area contributed by atoms with Crippen molar-refractivity contribution >= 4 is 46.7 Å². The molecule has 0 unspecified atom stereocenters. The molecule has 0 saturated heterocycles. The maximum absolute atomic E-state index is 11.1. The topological polar surface area (TPSA) is 158 Å². The van der Waals surface area contributed by atoms with E-state index >= 15 is 0 Å². The highest BCUT2D eigenvalue weighted by molar-refractivity contribution is 8.03. The molecule has 162 valence electrons. The number of hydrogen-bond donors (Lipinski definition) is 4. The zero-order chi connectivity index (χ0) is 23.7. The molecule has 0 atom stereocenters. The zero-order valence-electron chi connectivity index (χ0n) is 17.3. The van der Waals surface area contributed by atoms with Gasteiger partial charge in [-0.15, -0.1) is 0 Å². The molecule has 2 rings (SSSR count). The summed E-state index contributed by atoms with van der Waals surface area (Å²) in [4.78, 5) is 23.7. The van der Waals surface area contributed by atoms with Gasteiger partial charge in [-0.3, -0.25) is 9.59 Å². The summed E-state index contributed by atoms with van der Waals surface area (Å²) in [5, 5.41) is 24.8. The predicted octanol–water partition coefficient (Wildman–Crippen LogP) is 3.88. The Hall–Kier alpha value is -3.86. The first-order chi connectivity index (χ1) is 15.2. The van der Waals surface area contributed by atoms with Crippen molar-refractivity contribution < 1.29 is 9.59 Å². The van der Waals surface area contributed by atoms with E-state index in [1.54, 1.807) is 48.5 Å². The van der Waals surface area contributed by atoms with E-state index in [0.29, 0.717) is 11.4 Å². The van der Waals surface area contributed by atoms with Crippen molar-refractivity contribution in [2.75, 3.05) is 10.6 Å². The second-order valence-corrected chi connectivity index (χ2v) is 8.55. The van der Waals surface area contributed by atoms with Gasteiger partial charge in [-0.1, -0.05) is 23.5 Å². The van der Waals surface area contributed by atoms with Crippen LogP contribution in [0.15, 0.2) is 79.5 Å². The summed E-state index contributed by atoms with van der Waals surface area (Å²) >= 11 is 2.22. The van der Waals surface area contributed by atoms with E-state index in [0.717, 1.165) is 33.3 Å². The number of nitrogens with one attached hydrogen (secondary N) is 2. The summed E-state index contributed by atoms with van der Waals surface area (Å²) in [6.07, 6.45) is 0. The maximum Gasteiger partial charge on any atom is 0.221 e. The van der Waals surface area contributed by atoms with Crippen LogP contribution in [0.3, 0.4) is 0 Å². The molecule has 32 heavy (non-hydrogen) atoms. The highest BCUT2D eigenvalue weighted by Crippen LogP contribution is 2.33. The van der Waals surface area contributed by atoms with E-state index < -0.39 is 0 Å². The summed E-state index contributed by atoms with van der Waals surface area (Å²) in [5.41, 5.74) is 13.4. The molecule has 0 radical (unpaired) electrons. The van der Waals surface area contributed by atoms with Crippen molar-refractivity contribution in [3.63, 3.8) is 0 Å². The van der Waals surface area contributed by atoms with Crippen LogP contribution in [-0.2, 0) is 9.59 Å². The van der Waals surface area contributed by atoms with Gasteiger partial charge >= 0.3 is 0 Å². The average molecular weight is 465 g/mol. The lowest BCUT2D eigenvalue weighted by Crippen LogP contribution is -2.06. The number of amides is 2. The molecular weight excluding hydrogens is 444 g/mol. The quantitative estimate of drug-likeness (QED) is 0.273. The SMILES string of the molecule is CC(=O)Nc1ccc(S/C(N)=C(C#N)/C(C#N)=C(\N)Sc2ccc(NC(C)=O)cc2)cc1. The van der Waals surface area contributed by atoms with Crippen LogP contribution in [0.4, 0.5) is 11.4 Å². The Morgan fingerprint density at radius 3 is 1.28 bits per heavy atom. The van der Waals surface area contributed by atoms with E-state index in [1.165, 1.54) is 13.8 Å². The lowest BCUT2D eigenvalue weighted by Gasteiger charge is -2.09. The molecule has 0 aliphatic rings. The third-order valence-corrected chi connectivity index (χ3v) is 5.64. The average Bonchev–Trinajstić information content (AvgIpc) is 2.73. The number of nitrogens with zero attached hydrogens (tertiary/aromatic N) is 2. The Morgan fingerprint density at radius 2 is 1.03 bits per heavy atom. The van der Waals surface area contributed by atoms with Crippen molar-refractivity contribution in [1.82, 2.24) is 0 Å². The predicted molar refractivity (Wildman–Crippen MR) is 127 cm³/mol. The van der Waals surface area contributed by atoms with Gasteiger partial charge in [0, 0.05) is 35.0 Å². The molecule has 2 amide bonds. The lowest BCUT2D eigenvalue weighted by molar-refractivity contribution is -0.115. The van der Waals surface area contributed by atoms with Crippen LogP contribution in [-0.4, -0.2) is 11.8 Å². The number of thioether (sulfide) groups is 2. The van der Waals surface area contributed by atoms with Crippen LogP contribution in [0.25, 0.3) is 0 Å². The summed E-state index contributed by atoms with van der Waals surface area (Å²) < 4.78 is 0. The number of nitrogens with two attached hydrogens (primary N) is 2.